The normalized spacial score (nSPS) is 31.9. The number of ether oxygens (including phenoxy) is 1. The minimum atomic E-state index is -0.871. The van der Waals surface area contributed by atoms with Crippen LogP contribution in [0.5, 0.6) is 0 Å². The lowest BCUT2D eigenvalue weighted by Gasteiger charge is -2.19. The van der Waals surface area contributed by atoms with E-state index in [4.69, 9.17) is 9.84 Å². The van der Waals surface area contributed by atoms with Crippen LogP contribution in [0.4, 0.5) is 0 Å². The lowest BCUT2D eigenvalue weighted by atomic mass is 10.3. The van der Waals surface area contributed by atoms with Crippen LogP contribution in [0.1, 0.15) is 6.92 Å². The molecular formula is C8H15NO4. The Morgan fingerprint density at radius 3 is 2.62 bits per heavy atom. The van der Waals surface area contributed by atoms with Crippen molar-refractivity contribution in [3.05, 3.63) is 0 Å². The summed E-state index contributed by atoms with van der Waals surface area (Å²) in [7, 11) is 1.52. The monoisotopic (exact) mass is 189 g/mol. The Hall–Kier alpha value is -0.650. The summed E-state index contributed by atoms with van der Waals surface area (Å²) in [4.78, 5) is 12.3. The SMILES string of the molecule is CO[C@@H]1CN([C@H](C)C(=O)O)C[C@H]1O. The van der Waals surface area contributed by atoms with Gasteiger partial charge in [0.05, 0.1) is 12.2 Å². The number of carbonyl (C=O) groups is 1. The van der Waals surface area contributed by atoms with Gasteiger partial charge in [-0.1, -0.05) is 0 Å². The summed E-state index contributed by atoms with van der Waals surface area (Å²) < 4.78 is 5.00. The van der Waals surface area contributed by atoms with Crippen molar-refractivity contribution in [1.82, 2.24) is 4.90 Å². The van der Waals surface area contributed by atoms with Crippen molar-refractivity contribution in [3.8, 4) is 0 Å². The van der Waals surface area contributed by atoms with Gasteiger partial charge in [0.2, 0.25) is 0 Å². The lowest BCUT2D eigenvalue weighted by Crippen LogP contribution is -2.38. The lowest BCUT2D eigenvalue weighted by molar-refractivity contribution is -0.142. The van der Waals surface area contributed by atoms with E-state index in [9.17, 15) is 9.90 Å². The van der Waals surface area contributed by atoms with Gasteiger partial charge < -0.3 is 14.9 Å². The van der Waals surface area contributed by atoms with Gasteiger partial charge in [-0.15, -0.1) is 0 Å². The van der Waals surface area contributed by atoms with Crippen molar-refractivity contribution in [3.63, 3.8) is 0 Å². The Morgan fingerprint density at radius 1 is 1.62 bits per heavy atom. The minimum absolute atomic E-state index is 0.262. The number of β-amino-alcohol motifs (C(OH)–C–C–N with tert-alkyl or cyclic N) is 1. The quantitative estimate of drug-likeness (QED) is 0.605. The van der Waals surface area contributed by atoms with Crippen LogP contribution < -0.4 is 0 Å². The predicted molar refractivity (Wildman–Crippen MR) is 45.5 cm³/mol. The highest BCUT2D eigenvalue weighted by molar-refractivity contribution is 5.72. The molecule has 3 atom stereocenters. The zero-order valence-corrected chi connectivity index (χ0v) is 7.80. The third-order valence-electron chi connectivity index (χ3n) is 2.47. The van der Waals surface area contributed by atoms with Crippen LogP contribution >= 0.6 is 0 Å². The van der Waals surface area contributed by atoms with Crippen LogP contribution in [0.3, 0.4) is 0 Å². The second-order valence-electron chi connectivity index (χ2n) is 3.31. The summed E-state index contributed by atoms with van der Waals surface area (Å²) in [5.41, 5.74) is 0. The van der Waals surface area contributed by atoms with Crippen molar-refractivity contribution >= 4 is 5.97 Å². The number of hydrogen-bond donors (Lipinski definition) is 2. The fraction of sp³-hybridized carbons (Fsp3) is 0.875. The van der Waals surface area contributed by atoms with Gasteiger partial charge in [0.15, 0.2) is 0 Å². The molecule has 0 amide bonds. The van der Waals surface area contributed by atoms with Crippen LogP contribution in [-0.2, 0) is 9.53 Å². The van der Waals surface area contributed by atoms with Crippen LogP contribution in [-0.4, -0.2) is 59.5 Å². The van der Waals surface area contributed by atoms with E-state index in [1.54, 1.807) is 11.8 Å². The Bertz CT molecular complexity index is 197. The molecule has 13 heavy (non-hydrogen) atoms. The zero-order valence-electron chi connectivity index (χ0n) is 7.80. The molecule has 0 saturated carbocycles. The number of aliphatic hydroxyl groups excluding tert-OH is 1. The summed E-state index contributed by atoms with van der Waals surface area (Å²) in [6.07, 6.45) is -0.839. The molecule has 0 aromatic carbocycles. The van der Waals surface area contributed by atoms with E-state index in [1.807, 2.05) is 0 Å². The second-order valence-corrected chi connectivity index (χ2v) is 3.31. The first kappa shape index (κ1) is 10.4. The van der Waals surface area contributed by atoms with E-state index in [1.165, 1.54) is 7.11 Å². The molecule has 0 unspecified atom stereocenters. The van der Waals surface area contributed by atoms with Crippen molar-refractivity contribution in [1.29, 1.82) is 0 Å². The molecule has 0 aromatic rings. The Balaban J connectivity index is 2.52. The molecule has 5 nitrogen and oxygen atoms in total. The minimum Gasteiger partial charge on any atom is -0.480 e. The highest BCUT2D eigenvalue weighted by Gasteiger charge is 2.35. The van der Waals surface area contributed by atoms with Crippen LogP contribution in [0.15, 0.2) is 0 Å². The molecule has 1 aliphatic rings. The first-order valence-corrected chi connectivity index (χ1v) is 4.24. The molecule has 0 aromatic heterocycles. The smallest absolute Gasteiger partial charge is 0.320 e. The number of nitrogens with zero attached hydrogens (tertiary/aromatic N) is 1. The van der Waals surface area contributed by atoms with Gasteiger partial charge in [0.25, 0.3) is 0 Å². The van der Waals surface area contributed by atoms with Gasteiger partial charge in [-0.3, -0.25) is 9.69 Å². The fourth-order valence-corrected chi connectivity index (χ4v) is 1.49. The average Bonchev–Trinajstić information content (AvgIpc) is 2.45. The number of aliphatic hydroxyl groups is 1. The van der Waals surface area contributed by atoms with E-state index >= 15 is 0 Å². The number of rotatable bonds is 3. The first-order chi connectivity index (χ1) is 6.06. The molecule has 0 aliphatic carbocycles. The molecule has 1 aliphatic heterocycles. The standard InChI is InChI=1S/C8H15NO4/c1-5(8(11)12)9-3-6(10)7(4-9)13-2/h5-7,10H,3-4H2,1-2H3,(H,11,12)/t5-,6-,7-/m1/s1. The summed E-state index contributed by atoms with van der Waals surface area (Å²) in [5, 5.41) is 18.2. The summed E-state index contributed by atoms with van der Waals surface area (Å²) in [6, 6.07) is -0.560. The van der Waals surface area contributed by atoms with E-state index in [-0.39, 0.29) is 6.10 Å². The molecule has 0 radical (unpaired) electrons. The van der Waals surface area contributed by atoms with Crippen LogP contribution in [0.25, 0.3) is 0 Å². The molecule has 0 bridgehead atoms. The second kappa shape index (κ2) is 4.04. The first-order valence-electron chi connectivity index (χ1n) is 4.24. The summed E-state index contributed by atoms with van der Waals surface area (Å²) in [5.74, 6) is -0.871. The number of carboxylic acid groups (broad SMARTS) is 1. The Labute approximate surface area is 76.9 Å². The number of carboxylic acids is 1. The molecule has 76 valence electrons. The van der Waals surface area contributed by atoms with Crippen LogP contribution in [0.2, 0.25) is 0 Å². The van der Waals surface area contributed by atoms with E-state index in [0.717, 1.165) is 0 Å². The highest BCUT2D eigenvalue weighted by atomic mass is 16.5. The Morgan fingerprint density at radius 2 is 2.23 bits per heavy atom. The fourth-order valence-electron chi connectivity index (χ4n) is 1.49. The van der Waals surface area contributed by atoms with Crippen molar-refractivity contribution in [2.24, 2.45) is 0 Å². The third kappa shape index (κ3) is 2.18. The number of likely N-dealkylation sites (tertiary alicyclic amines) is 1. The molecule has 0 spiro atoms. The third-order valence-corrected chi connectivity index (χ3v) is 2.47. The topological polar surface area (TPSA) is 70.0 Å². The molecular weight excluding hydrogens is 174 g/mol. The number of hydrogen-bond acceptors (Lipinski definition) is 4. The van der Waals surface area contributed by atoms with Gasteiger partial charge in [-0.2, -0.15) is 0 Å². The highest BCUT2D eigenvalue weighted by Crippen LogP contribution is 2.15. The summed E-state index contributed by atoms with van der Waals surface area (Å²) in [6.45, 7) is 2.45. The van der Waals surface area contributed by atoms with Crippen molar-refractivity contribution in [2.75, 3.05) is 20.2 Å². The van der Waals surface area contributed by atoms with E-state index in [0.29, 0.717) is 13.1 Å². The van der Waals surface area contributed by atoms with Crippen molar-refractivity contribution in [2.45, 2.75) is 25.2 Å². The van der Waals surface area contributed by atoms with E-state index in [2.05, 4.69) is 0 Å². The van der Waals surface area contributed by atoms with Gasteiger partial charge in [0, 0.05) is 20.2 Å². The van der Waals surface area contributed by atoms with Gasteiger partial charge in [-0.05, 0) is 6.92 Å². The maximum atomic E-state index is 10.6. The van der Waals surface area contributed by atoms with E-state index < -0.39 is 18.1 Å². The predicted octanol–water partition coefficient (Wildman–Crippen LogP) is -0.849. The Kier molecular flexibility index (Phi) is 3.24. The number of aliphatic carboxylic acids is 1. The van der Waals surface area contributed by atoms with Crippen molar-refractivity contribution < 1.29 is 19.7 Å². The molecule has 1 rings (SSSR count). The van der Waals surface area contributed by atoms with Gasteiger partial charge in [0.1, 0.15) is 6.04 Å². The maximum Gasteiger partial charge on any atom is 0.320 e. The molecule has 1 fully saturated rings. The molecule has 2 N–H and O–H groups in total. The van der Waals surface area contributed by atoms with Gasteiger partial charge >= 0.3 is 5.97 Å². The molecule has 1 heterocycles. The number of methoxy groups -OCH3 is 1. The molecule has 1 saturated heterocycles. The molecule has 5 heteroatoms. The largest absolute Gasteiger partial charge is 0.480 e. The summed E-state index contributed by atoms with van der Waals surface area (Å²) >= 11 is 0. The van der Waals surface area contributed by atoms with Crippen LogP contribution in [0, 0.1) is 0 Å². The zero-order chi connectivity index (χ0) is 10.0. The van der Waals surface area contributed by atoms with Gasteiger partial charge in [-0.25, -0.2) is 0 Å². The maximum absolute atomic E-state index is 10.6. The average molecular weight is 189 g/mol.